The highest BCUT2D eigenvalue weighted by Gasteiger charge is 2.14. The summed E-state index contributed by atoms with van der Waals surface area (Å²) in [7, 11) is 0. The quantitative estimate of drug-likeness (QED) is 0.573. The van der Waals surface area contributed by atoms with Gasteiger partial charge in [0.15, 0.2) is 12.1 Å². The molecule has 0 fully saturated rings. The van der Waals surface area contributed by atoms with Gasteiger partial charge in [-0.3, -0.25) is 4.79 Å². The van der Waals surface area contributed by atoms with Crippen LogP contribution in [0.2, 0.25) is 0 Å². The van der Waals surface area contributed by atoms with E-state index >= 15 is 0 Å². The number of benzene rings is 2. The number of aromatic amines is 1. The van der Waals surface area contributed by atoms with E-state index in [1.54, 1.807) is 23.9 Å². The molecule has 0 radical (unpaired) electrons. The number of carbonyl (C=O) groups is 1. The third-order valence-corrected chi connectivity index (χ3v) is 4.07. The Morgan fingerprint density at radius 2 is 1.68 bits per heavy atom. The molecule has 0 aliphatic heterocycles. The van der Waals surface area contributed by atoms with Gasteiger partial charge in [-0.05, 0) is 42.7 Å². The molecule has 3 rings (SSSR count). The fourth-order valence-electron chi connectivity index (χ4n) is 2.23. The van der Waals surface area contributed by atoms with Gasteiger partial charge in [0, 0.05) is 16.0 Å². The summed E-state index contributed by atoms with van der Waals surface area (Å²) in [6, 6.07) is 14.0. The van der Waals surface area contributed by atoms with Crippen molar-refractivity contribution in [3.05, 3.63) is 60.2 Å². The minimum Gasteiger partial charge on any atom is -0.335 e. The molecule has 0 saturated heterocycles. The van der Waals surface area contributed by atoms with Gasteiger partial charge >= 0.3 is 0 Å². The Morgan fingerprint density at radius 3 is 2.27 bits per heavy atom. The average molecular weight is 312 g/mol. The van der Waals surface area contributed by atoms with Crippen molar-refractivity contribution < 1.29 is 9.18 Å². The fraction of sp³-hybridized carbons (Fsp3) is 0.0588. The van der Waals surface area contributed by atoms with E-state index in [9.17, 15) is 9.18 Å². The SMILES string of the molecule is CSc1ccc(-c2nc(C=O)[nH]c2-c2ccc(F)cc2)cc1. The summed E-state index contributed by atoms with van der Waals surface area (Å²) in [4.78, 5) is 19.5. The van der Waals surface area contributed by atoms with Crippen molar-refractivity contribution in [2.45, 2.75) is 4.90 Å². The van der Waals surface area contributed by atoms with Gasteiger partial charge in [-0.1, -0.05) is 12.1 Å². The normalized spacial score (nSPS) is 10.6. The maximum atomic E-state index is 13.1. The molecule has 0 aliphatic carbocycles. The number of H-pyrrole nitrogens is 1. The van der Waals surface area contributed by atoms with Crippen LogP contribution in [0, 0.1) is 5.82 Å². The summed E-state index contributed by atoms with van der Waals surface area (Å²) >= 11 is 1.66. The lowest BCUT2D eigenvalue weighted by Crippen LogP contribution is -1.85. The third kappa shape index (κ3) is 2.80. The average Bonchev–Trinajstić information content (AvgIpc) is 3.00. The number of halogens is 1. The van der Waals surface area contributed by atoms with Gasteiger partial charge in [0.05, 0.1) is 11.4 Å². The predicted octanol–water partition coefficient (Wildman–Crippen LogP) is 4.42. The summed E-state index contributed by atoms with van der Waals surface area (Å²) in [5.41, 5.74) is 3.08. The summed E-state index contributed by atoms with van der Waals surface area (Å²) in [5.74, 6) is -0.0481. The van der Waals surface area contributed by atoms with Crippen LogP contribution in [-0.2, 0) is 0 Å². The molecule has 0 aliphatic rings. The van der Waals surface area contributed by atoms with Gasteiger partial charge in [-0.2, -0.15) is 0 Å². The Labute approximate surface area is 131 Å². The first kappa shape index (κ1) is 14.5. The van der Waals surface area contributed by atoms with Crippen LogP contribution >= 0.6 is 11.8 Å². The molecular formula is C17H13FN2OS. The Kier molecular flexibility index (Phi) is 4.06. The monoisotopic (exact) mass is 312 g/mol. The highest BCUT2D eigenvalue weighted by Crippen LogP contribution is 2.31. The first-order valence-corrected chi connectivity index (χ1v) is 7.89. The lowest BCUT2D eigenvalue weighted by atomic mass is 10.1. The second-order valence-electron chi connectivity index (χ2n) is 4.70. The van der Waals surface area contributed by atoms with E-state index in [1.807, 2.05) is 30.5 Å². The summed E-state index contributed by atoms with van der Waals surface area (Å²) in [6.45, 7) is 0. The number of carbonyl (C=O) groups excluding carboxylic acids is 1. The number of thioether (sulfide) groups is 1. The molecule has 110 valence electrons. The van der Waals surface area contributed by atoms with Crippen molar-refractivity contribution in [2.75, 3.05) is 6.26 Å². The molecule has 1 heterocycles. The molecule has 5 heteroatoms. The molecule has 0 atom stereocenters. The van der Waals surface area contributed by atoms with Crippen molar-refractivity contribution in [2.24, 2.45) is 0 Å². The molecule has 0 amide bonds. The molecular weight excluding hydrogens is 299 g/mol. The molecule has 1 aromatic heterocycles. The van der Waals surface area contributed by atoms with Gasteiger partial charge in [0.1, 0.15) is 5.82 Å². The molecule has 3 nitrogen and oxygen atoms in total. The van der Waals surface area contributed by atoms with Crippen molar-refractivity contribution >= 4 is 18.0 Å². The van der Waals surface area contributed by atoms with Crippen LogP contribution in [0.3, 0.4) is 0 Å². The number of rotatable bonds is 4. The minimum absolute atomic E-state index is 0.253. The van der Waals surface area contributed by atoms with Crippen LogP contribution in [0.25, 0.3) is 22.5 Å². The van der Waals surface area contributed by atoms with Crippen LogP contribution in [0.4, 0.5) is 4.39 Å². The topological polar surface area (TPSA) is 45.8 Å². The molecule has 0 unspecified atom stereocenters. The van der Waals surface area contributed by atoms with Crippen molar-refractivity contribution in [1.29, 1.82) is 0 Å². The number of hydrogen-bond acceptors (Lipinski definition) is 3. The van der Waals surface area contributed by atoms with Crippen LogP contribution in [0.1, 0.15) is 10.6 Å². The van der Waals surface area contributed by atoms with Crippen LogP contribution < -0.4 is 0 Å². The Hall–Kier alpha value is -2.40. The number of aldehydes is 1. The van der Waals surface area contributed by atoms with Crippen LogP contribution in [-0.4, -0.2) is 22.5 Å². The molecule has 3 aromatic rings. The van der Waals surface area contributed by atoms with E-state index < -0.39 is 0 Å². The largest absolute Gasteiger partial charge is 0.335 e. The van der Waals surface area contributed by atoms with E-state index in [0.717, 1.165) is 16.0 Å². The smallest absolute Gasteiger partial charge is 0.185 e. The van der Waals surface area contributed by atoms with E-state index in [1.165, 1.54) is 12.1 Å². The zero-order valence-corrected chi connectivity index (χ0v) is 12.7. The molecule has 0 spiro atoms. The van der Waals surface area contributed by atoms with Crippen LogP contribution in [0.5, 0.6) is 0 Å². The summed E-state index contributed by atoms with van der Waals surface area (Å²) in [6.07, 6.45) is 2.69. The second-order valence-corrected chi connectivity index (χ2v) is 5.58. The standard InChI is InChI=1S/C17H13FN2OS/c1-22-14-8-4-12(5-9-14)17-16(19-15(10-21)20-17)11-2-6-13(18)7-3-11/h2-10H,1H3,(H,19,20). The van der Waals surface area contributed by atoms with Crippen molar-refractivity contribution in [1.82, 2.24) is 9.97 Å². The fourth-order valence-corrected chi connectivity index (χ4v) is 2.64. The van der Waals surface area contributed by atoms with E-state index in [-0.39, 0.29) is 11.6 Å². The van der Waals surface area contributed by atoms with E-state index in [0.29, 0.717) is 17.7 Å². The zero-order chi connectivity index (χ0) is 15.5. The van der Waals surface area contributed by atoms with Gasteiger partial charge in [-0.15, -0.1) is 11.8 Å². The van der Waals surface area contributed by atoms with E-state index in [4.69, 9.17) is 0 Å². The van der Waals surface area contributed by atoms with Gasteiger partial charge in [0.25, 0.3) is 0 Å². The second kappa shape index (κ2) is 6.15. The van der Waals surface area contributed by atoms with Crippen molar-refractivity contribution in [3.8, 4) is 22.5 Å². The summed E-state index contributed by atoms with van der Waals surface area (Å²) in [5, 5.41) is 0. The minimum atomic E-state index is -0.301. The third-order valence-electron chi connectivity index (χ3n) is 3.33. The van der Waals surface area contributed by atoms with Gasteiger partial charge in [-0.25, -0.2) is 9.37 Å². The summed E-state index contributed by atoms with van der Waals surface area (Å²) < 4.78 is 13.1. The van der Waals surface area contributed by atoms with Crippen LogP contribution in [0.15, 0.2) is 53.4 Å². The highest BCUT2D eigenvalue weighted by molar-refractivity contribution is 7.98. The van der Waals surface area contributed by atoms with Gasteiger partial charge in [0.2, 0.25) is 0 Å². The van der Waals surface area contributed by atoms with Crippen molar-refractivity contribution in [3.63, 3.8) is 0 Å². The molecule has 22 heavy (non-hydrogen) atoms. The number of nitrogens with one attached hydrogen (secondary N) is 1. The highest BCUT2D eigenvalue weighted by atomic mass is 32.2. The number of nitrogens with zero attached hydrogens (tertiary/aromatic N) is 1. The number of hydrogen-bond donors (Lipinski definition) is 1. The Bertz CT molecular complexity index is 795. The Balaban J connectivity index is 2.11. The number of aromatic nitrogens is 2. The predicted molar refractivity (Wildman–Crippen MR) is 86.6 cm³/mol. The lowest BCUT2D eigenvalue weighted by Gasteiger charge is -2.04. The van der Waals surface area contributed by atoms with E-state index in [2.05, 4.69) is 9.97 Å². The Morgan fingerprint density at radius 1 is 1.05 bits per heavy atom. The first-order valence-electron chi connectivity index (χ1n) is 6.67. The molecule has 0 saturated carbocycles. The number of imidazole rings is 1. The zero-order valence-electron chi connectivity index (χ0n) is 11.8. The molecule has 2 aromatic carbocycles. The molecule has 1 N–H and O–H groups in total. The maximum absolute atomic E-state index is 13.1. The maximum Gasteiger partial charge on any atom is 0.185 e. The molecule has 0 bridgehead atoms. The lowest BCUT2D eigenvalue weighted by molar-refractivity contribution is 0.111. The van der Waals surface area contributed by atoms with Gasteiger partial charge < -0.3 is 4.98 Å². The first-order chi connectivity index (χ1) is 10.7.